The number of ether oxygens (including phenoxy) is 2. The van der Waals surface area contributed by atoms with Crippen molar-refractivity contribution < 1.29 is 29.0 Å². The maximum atomic E-state index is 12.0. The van der Waals surface area contributed by atoms with Crippen LogP contribution in [0, 0.1) is 0 Å². The SMILES string of the molecule is CCOC(=O)C1=C[C@H](O)[C@H](NC(C)=O)[C@@H](NC(=O)OC(C)(C)C)C1. The summed E-state index contributed by atoms with van der Waals surface area (Å²) >= 11 is 0. The summed E-state index contributed by atoms with van der Waals surface area (Å²) in [7, 11) is 0. The zero-order valence-electron chi connectivity index (χ0n) is 14.7. The van der Waals surface area contributed by atoms with Crippen LogP contribution in [0.25, 0.3) is 0 Å². The molecule has 8 nitrogen and oxygen atoms in total. The van der Waals surface area contributed by atoms with Crippen LogP contribution in [-0.2, 0) is 19.1 Å². The molecule has 1 rings (SSSR count). The molecule has 0 aromatic rings. The number of hydrogen-bond donors (Lipinski definition) is 3. The van der Waals surface area contributed by atoms with Gasteiger partial charge in [0.25, 0.3) is 0 Å². The molecule has 1 aliphatic rings. The minimum absolute atomic E-state index is 0.111. The molecule has 0 saturated carbocycles. The van der Waals surface area contributed by atoms with Crippen molar-refractivity contribution in [1.82, 2.24) is 10.6 Å². The zero-order chi connectivity index (χ0) is 18.5. The summed E-state index contributed by atoms with van der Waals surface area (Å²) in [5, 5.41) is 15.4. The molecule has 0 radical (unpaired) electrons. The molecule has 8 heteroatoms. The summed E-state index contributed by atoms with van der Waals surface area (Å²) in [6, 6.07) is -1.48. The second kappa shape index (κ2) is 8.14. The van der Waals surface area contributed by atoms with Crippen LogP contribution in [0.4, 0.5) is 4.79 Å². The molecule has 0 aromatic carbocycles. The first-order valence-corrected chi connectivity index (χ1v) is 7.86. The largest absolute Gasteiger partial charge is 0.463 e. The topological polar surface area (TPSA) is 114 Å². The monoisotopic (exact) mass is 342 g/mol. The molecule has 0 spiro atoms. The number of nitrogens with one attached hydrogen (secondary N) is 2. The van der Waals surface area contributed by atoms with Crippen molar-refractivity contribution in [3.05, 3.63) is 11.6 Å². The molecule has 0 fully saturated rings. The van der Waals surface area contributed by atoms with E-state index in [1.54, 1.807) is 27.7 Å². The van der Waals surface area contributed by atoms with Crippen molar-refractivity contribution in [1.29, 1.82) is 0 Å². The number of aliphatic hydroxyl groups excluding tert-OH is 1. The van der Waals surface area contributed by atoms with Gasteiger partial charge in [0.2, 0.25) is 5.91 Å². The van der Waals surface area contributed by atoms with E-state index in [4.69, 9.17) is 9.47 Å². The minimum Gasteiger partial charge on any atom is -0.463 e. The Kier molecular flexibility index (Phi) is 6.77. The quantitative estimate of drug-likeness (QED) is 0.646. The van der Waals surface area contributed by atoms with Gasteiger partial charge in [-0.1, -0.05) is 0 Å². The molecule has 0 heterocycles. The molecule has 0 aromatic heterocycles. The van der Waals surface area contributed by atoms with Gasteiger partial charge in [0, 0.05) is 18.9 Å². The smallest absolute Gasteiger partial charge is 0.407 e. The number of aliphatic hydroxyl groups is 1. The standard InChI is InChI=1S/C16H26N2O6/c1-6-23-14(21)10-7-11(18-15(22)24-16(3,4)5)13(12(20)8-10)17-9(2)19/h8,11-13,20H,6-7H2,1-5H3,(H,17,19)(H,18,22)/t11-,12-,13+/m0/s1. The van der Waals surface area contributed by atoms with Crippen LogP contribution in [0.2, 0.25) is 0 Å². The third-order valence-electron chi connectivity index (χ3n) is 3.22. The van der Waals surface area contributed by atoms with Gasteiger partial charge in [0.15, 0.2) is 0 Å². The number of carbonyl (C=O) groups excluding carboxylic acids is 3. The third-order valence-corrected chi connectivity index (χ3v) is 3.22. The van der Waals surface area contributed by atoms with Gasteiger partial charge in [-0.2, -0.15) is 0 Å². The van der Waals surface area contributed by atoms with Crippen molar-refractivity contribution in [2.45, 2.75) is 64.8 Å². The van der Waals surface area contributed by atoms with Crippen LogP contribution in [0.3, 0.4) is 0 Å². The maximum absolute atomic E-state index is 12.0. The summed E-state index contributed by atoms with van der Waals surface area (Å²) < 4.78 is 10.1. The molecule has 1 aliphatic carbocycles. The van der Waals surface area contributed by atoms with Gasteiger partial charge in [-0.15, -0.1) is 0 Å². The highest BCUT2D eigenvalue weighted by Gasteiger charge is 2.37. The van der Waals surface area contributed by atoms with E-state index in [1.807, 2.05) is 0 Å². The van der Waals surface area contributed by atoms with Crippen LogP contribution in [0.1, 0.15) is 41.0 Å². The predicted octanol–water partition coefficient (Wildman–Crippen LogP) is 0.638. The average molecular weight is 342 g/mol. The Morgan fingerprint density at radius 1 is 1.29 bits per heavy atom. The Balaban J connectivity index is 2.94. The summed E-state index contributed by atoms with van der Waals surface area (Å²) in [4.78, 5) is 35.3. The van der Waals surface area contributed by atoms with Gasteiger partial charge < -0.3 is 25.2 Å². The Morgan fingerprint density at radius 2 is 1.92 bits per heavy atom. The van der Waals surface area contributed by atoms with Crippen LogP contribution in [0.5, 0.6) is 0 Å². The van der Waals surface area contributed by atoms with Crippen LogP contribution in [0.15, 0.2) is 11.6 Å². The zero-order valence-corrected chi connectivity index (χ0v) is 14.7. The van der Waals surface area contributed by atoms with E-state index >= 15 is 0 Å². The number of rotatable bonds is 4. The highest BCUT2D eigenvalue weighted by Crippen LogP contribution is 2.21. The molecule has 24 heavy (non-hydrogen) atoms. The summed E-state index contributed by atoms with van der Waals surface area (Å²) in [5.41, 5.74) is -0.451. The lowest BCUT2D eigenvalue weighted by Gasteiger charge is -2.35. The molecule has 0 unspecified atom stereocenters. The first kappa shape index (κ1) is 20.0. The molecule has 2 amide bonds. The second-order valence-electron chi connectivity index (χ2n) is 6.59. The fourth-order valence-electron chi connectivity index (χ4n) is 2.38. The number of hydrogen-bond acceptors (Lipinski definition) is 6. The van der Waals surface area contributed by atoms with Gasteiger partial charge in [-0.05, 0) is 33.8 Å². The lowest BCUT2D eigenvalue weighted by Crippen LogP contribution is -2.59. The summed E-state index contributed by atoms with van der Waals surface area (Å²) in [6.45, 7) is 8.34. The van der Waals surface area contributed by atoms with Crippen molar-refractivity contribution in [3.63, 3.8) is 0 Å². The Morgan fingerprint density at radius 3 is 2.42 bits per heavy atom. The highest BCUT2D eigenvalue weighted by molar-refractivity contribution is 5.89. The fourth-order valence-corrected chi connectivity index (χ4v) is 2.38. The highest BCUT2D eigenvalue weighted by atomic mass is 16.6. The number of amides is 2. The lowest BCUT2D eigenvalue weighted by molar-refractivity contribution is -0.139. The third kappa shape index (κ3) is 6.19. The van der Waals surface area contributed by atoms with E-state index in [2.05, 4.69) is 10.6 Å². The van der Waals surface area contributed by atoms with Gasteiger partial charge in [-0.25, -0.2) is 9.59 Å². The molecule has 0 aliphatic heterocycles. The number of alkyl carbamates (subject to hydrolysis) is 1. The average Bonchev–Trinajstić information content (AvgIpc) is 2.40. The molecule has 0 saturated heterocycles. The van der Waals surface area contributed by atoms with Crippen molar-refractivity contribution in [2.75, 3.05) is 6.61 Å². The second-order valence-corrected chi connectivity index (χ2v) is 6.59. The van der Waals surface area contributed by atoms with Crippen molar-refractivity contribution in [2.24, 2.45) is 0 Å². The van der Waals surface area contributed by atoms with Gasteiger partial charge >= 0.3 is 12.1 Å². The number of esters is 1. The molecule has 0 bridgehead atoms. The van der Waals surface area contributed by atoms with E-state index < -0.39 is 35.9 Å². The van der Waals surface area contributed by atoms with E-state index in [0.717, 1.165) is 0 Å². The van der Waals surface area contributed by atoms with E-state index in [-0.39, 0.29) is 24.5 Å². The fraction of sp³-hybridized carbons (Fsp3) is 0.688. The molecule has 3 atom stereocenters. The minimum atomic E-state index is -1.14. The van der Waals surface area contributed by atoms with Crippen molar-refractivity contribution in [3.8, 4) is 0 Å². The van der Waals surface area contributed by atoms with Crippen LogP contribution in [-0.4, -0.2) is 53.5 Å². The first-order valence-electron chi connectivity index (χ1n) is 7.86. The Labute approximate surface area is 141 Å². The molecule has 3 N–H and O–H groups in total. The molecular formula is C16H26N2O6. The van der Waals surface area contributed by atoms with Gasteiger partial charge in [0.05, 0.1) is 24.8 Å². The van der Waals surface area contributed by atoms with Crippen molar-refractivity contribution >= 4 is 18.0 Å². The Bertz CT molecular complexity index is 523. The van der Waals surface area contributed by atoms with Crippen LogP contribution < -0.4 is 10.6 Å². The lowest BCUT2D eigenvalue weighted by atomic mass is 9.88. The summed E-state index contributed by atoms with van der Waals surface area (Å²) in [5.74, 6) is -0.920. The molecular weight excluding hydrogens is 316 g/mol. The van der Waals surface area contributed by atoms with Crippen LogP contribution >= 0.6 is 0 Å². The maximum Gasteiger partial charge on any atom is 0.407 e. The molecule has 136 valence electrons. The van der Waals surface area contributed by atoms with Gasteiger partial charge in [-0.3, -0.25) is 4.79 Å². The first-order chi connectivity index (χ1) is 11.0. The predicted molar refractivity (Wildman–Crippen MR) is 86.1 cm³/mol. The Hall–Kier alpha value is -2.09. The normalized spacial score (nSPS) is 23.8. The van der Waals surface area contributed by atoms with Gasteiger partial charge in [0.1, 0.15) is 5.60 Å². The van der Waals surface area contributed by atoms with E-state index in [0.29, 0.717) is 0 Å². The summed E-state index contributed by atoms with van der Waals surface area (Å²) in [6.07, 6.45) is -0.381. The van der Waals surface area contributed by atoms with E-state index in [1.165, 1.54) is 13.0 Å². The number of carbonyl (C=O) groups is 3. The van der Waals surface area contributed by atoms with E-state index in [9.17, 15) is 19.5 Å².